The molecule has 0 aliphatic carbocycles. The van der Waals surface area contributed by atoms with E-state index in [0.717, 1.165) is 16.9 Å². The lowest BCUT2D eigenvalue weighted by Gasteiger charge is -2.20. The van der Waals surface area contributed by atoms with Crippen molar-refractivity contribution in [2.45, 2.75) is 24.9 Å². The molecule has 0 spiro atoms. The van der Waals surface area contributed by atoms with Gasteiger partial charge in [-0.2, -0.15) is 0 Å². The molecular weight excluding hydrogens is 290 g/mol. The monoisotopic (exact) mass is 308 g/mol. The minimum Gasteiger partial charge on any atom is -0.337 e. The van der Waals surface area contributed by atoms with Crippen LogP contribution in [0, 0.1) is 0 Å². The van der Waals surface area contributed by atoms with Crippen LogP contribution in [-0.2, 0) is 18.4 Å². The van der Waals surface area contributed by atoms with E-state index in [1.54, 1.807) is 7.05 Å². The first kappa shape index (κ1) is 14.9. The second kappa shape index (κ2) is 5.31. The molecule has 1 aromatic heterocycles. The number of para-hydroxylation sites is 2. The number of carbonyl (C=O) groups is 1. The van der Waals surface area contributed by atoms with Crippen LogP contribution in [0.15, 0.2) is 24.3 Å². The molecule has 0 bridgehead atoms. The van der Waals surface area contributed by atoms with Crippen LogP contribution in [0.4, 0.5) is 8.78 Å². The van der Waals surface area contributed by atoms with Gasteiger partial charge >= 0.3 is 0 Å². The van der Waals surface area contributed by atoms with E-state index >= 15 is 0 Å². The summed E-state index contributed by atoms with van der Waals surface area (Å²) >= 11 is 0. The van der Waals surface area contributed by atoms with Gasteiger partial charge < -0.3 is 9.47 Å². The topological polar surface area (TPSA) is 50.2 Å². The summed E-state index contributed by atoms with van der Waals surface area (Å²) in [6.45, 7) is -0.155. The van der Waals surface area contributed by atoms with E-state index < -0.39 is 24.9 Å². The van der Waals surface area contributed by atoms with Crippen LogP contribution in [0.3, 0.4) is 0 Å². The van der Waals surface area contributed by atoms with Crippen LogP contribution in [-0.4, -0.2) is 45.9 Å². The average Bonchev–Trinajstić information content (AvgIpc) is 2.99. The highest BCUT2D eigenvalue weighted by atomic mass is 19.3. The van der Waals surface area contributed by atoms with Crippen molar-refractivity contribution < 1.29 is 13.6 Å². The Morgan fingerprint density at radius 1 is 1.50 bits per heavy atom. The molecule has 2 aromatic rings. The molecule has 0 saturated carbocycles. The molecular formula is C15H18F2N4O. The van der Waals surface area contributed by atoms with Crippen molar-refractivity contribution in [2.24, 2.45) is 7.05 Å². The smallest absolute Gasteiger partial charge is 0.262 e. The quantitative estimate of drug-likeness (QED) is 0.935. The van der Waals surface area contributed by atoms with Gasteiger partial charge in [0.15, 0.2) is 0 Å². The van der Waals surface area contributed by atoms with Gasteiger partial charge in [0.05, 0.1) is 30.2 Å². The fraction of sp³-hybridized carbons (Fsp3) is 0.467. The van der Waals surface area contributed by atoms with Crippen LogP contribution in [0.1, 0.15) is 12.2 Å². The molecule has 7 heteroatoms. The predicted octanol–water partition coefficient (Wildman–Crippen LogP) is 1.53. The maximum atomic E-state index is 13.2. The van der Waals surface area contributed by atoms with Crippen LogP contribution < -0.4 is 5.32 Å². The number of hydrogen-bond acceptors (Lipinski definition) is 3. The molecule has 5 nitrogen and oxygen atoms in total. The summed E-state index contributed by atoms with van der Waals surface area (Å²) in [5, 5.41) is 2.59. The van der Waals surface area contributed by atoms with E-state index in [4.69, 9.17) is 0 Å². The minimum absolute atomic E-state index is 0.285. The SMILES string of the molecule is CN(Cc1nc2ccccc2n1C)C(=O)C1CC(F)(F)CN1. The maximum absolute atomic E-state index is 13.2. The zero-order valence-corrected chi connectivity index (χ0v) is 12.5. The van der Waals surface area contributed by atoms with Crippen LogP contribution in [0.5, 0.6) is 0 Å². The zero-order chi connectivity index (χ0) is 15.9. The zero-order valence-electron chi connectivity index (χ0n) is 12.5. The number of nitrogens with one attached hydrogen (secondary N) is 1. The third kappa shape index (κ3) is 2.68. The lowest BCUT2D eigenvalue weighted by atomic mass is 10.1. The first-order valence-electron chi connectivity index (χ1n) is 7.14. The highest BCUT2D eigenvalue weighted by Crippen LogP contribution is 2.26. The first-order chi connectivity index (χ1) is 10.4. The van der Waals surface area contributed by atoms with E-state index in [0.29, 0.717) is 0 Å². The number of benzene rings is 1. The molecule has 1 aliphatic rings. The first-order valence-corrected chi connectivity index (χ1v) is 7.14. The van der Waals surface area contributed by atoms with Crippen molar-refractivity contribution in [3.63, 3.8) is 0 Å². The van der Waals surface area contributed by atoms with E-state index in [1.807, 2.05) is 35.9 Å². The van der Waals surface area contributed by atoms with Crippen molar-refractivity contribution in [2.75, 3.05) is 13.6 Å². The Bertz CT molecular complexity index is 713. The fourth-order valence-corrected chi connectivity index (χ4v) is 2.78. The number of likely N-dealkylation sites (N-methyl/N-ethyl adjacent to an activating group) is 1. The molecule has 2 heterocycles. The Kier molecular flexibility index (Phi) is 3.60. The summed E-state index contributed by atoms with van der Waals surface area (Å²) in [4.78, 5) is 18.2. The number of rotatable bonds is 3. The highest BCUT2D eigenvalue weighted by Gasteiger charge is 2.43. The average molecular weight is 308 g/mol. The summed E-state index contributed by atoms with van der Waals surface area (Å²) in [5.74, 6) is -2.41. The lowest BCUT2D eigenvalue weighted by molar-refractivity contribution is -0.133. The molecule has 0 radical (unpaired) electrons. The van der Waals surface area contributed by atoms with Crippen molar-refractivity contribution in [1.29, 1.82) is 0 Å². The van der Waals surface area contributed by atoms with Gasteiger partial charge in [-0.3, -0.25) is 10.1 Å². The van der Waals surface area contributed by atoms with Crippen molar-refractivity contribution in [3.8, 4) is 0 Å². The van der Waals surface area contributed by atoms with Crippen LogP contribution >= 0.6 is 0 Å². The molecule has 3 rings (SSSR count). The molecule has 22 heavy (non-hydrogen) atoms. The number of hydrogen-bond donors (Lipinski definition) is 1. The molecule has 1 fully saturated rings. The van der Waals surface area contributed by atoms with Crippen LogP contribution in [0.2, 0.25) is 0 Å². The second-order valence-corrected chi connectivity index (χ2v) is 5.76. The molecule has 1 saturated heterocycles. The summed E-state index contributed by atoms with van der Waals surface area (Å²) in [7, 11) is 3.49. The molecule has 1 aliphatic heterocycles. The number of amides is 1. The largest absolute Gasteiger partial charge is 0.337 e. The molecule has 118 valence electrons. The van der Waals surface area contributed by atoms with E-state index in [9.17, 15) is 13.6 Å². The lowest BCUT2D eigenvalue weighted by Crippen LogP contribution is -2.41. The van der Waals surface area contributed by atoms with Gasteiger partial charge in [-0.05, 0) is 12.1 Å². The number of fused-ring (bicyclic) bond motifs is 1. The van der Waals surface area contributed by atoms with Gasteiger partial charge in [0.2, 0.25) is 5.91 Å². The number of imidazole rings is 1. The number of aryl methyl sites for hydroxylation is 1. The Balaban J connectivity index is 1.74. The Morgan fingerprint density at radius 2 is 2.23 bits per heavy atom. The molecule has 1 aromatic carbocycles. The van der Waals surface area contributed by atoms with Crippen molar-refractivity contribution in [3.05, 3.63) is 30.1 Å². The van der Waals surface area contributed by atoms with E-state index in [1.165, 1.54) is 4.90 Å². The number of alkyl halides is 2. The van der Waals surface area contributed by atoms with Gasteiger partial charge in [0, 0.05) is 20.5 Å². The summed E-state index contributed by atoms with van der Waals surface area (Å²) < 4.78 is 28.3. The van der Waals surface area contributed by atoms with Gasteiger partial charge in [0.1, 0.15) is 5.82 Å². The van der Waals surface area contributed by atoms with Crippen LogP contribution in [0.25, 0.3) is 11.0 Å². The third-order valence-corrected chi connectivity index (χ3v) is 4.04. The third-order valence-electron chi connectivity index (χ3n) is 4.04. The molecule has 1 unspecified atom stereocenters. The standard InChI is InChI=1S/C15H18F2N4O/c1-20(14(22)11-7-15(16,17)9-18-11)8-13-19-10-5-3-4-6-12(10)21(13)2/h3-6,11,18H,7-9H2,1-2H3. The Hall–Kier alpha value is -2.02. The molecule has 1 N–H and O–H groups in total. The van der Waals surface area contributed by atoms with Crippen molar-refractivity contribution in [1.82, 2.24) is 19.8 Å². The van der Waals surface area contributed by atoms with Gasteiger partial charge in [-0.1, -0.05) is 12.1 Å². The Labute approximate surface area is 126 Å². The van der Waals surface area contributed by atoms with Gasteiger partial charge in [-0.25, -0.2) is 13.8 Å². The number of carbonyl (C=O) groups excluding carboxylic acids is 1. The summed E-state index contributed by atoms with van der Waals surface area (Å²) in [6.07, 6.45) is -0.446. The normalized spacial score (nSPS) is 20.5. The molecule has 1 atom stereocenters. The van der Waals surface area contributed by atoms with E-state index in [2.05, 4.69) is 10.3 Å². The van der Waals surface area contributed by atoms with Gasteiger partial charge in [0.25, 0.3) is 5.92 Å². The van der Waals surface area contributed by atoms with Gasteiger partial charge in [-0.15, -0.1) is 0 Å². The maximum Gasteiger partial charge on any atom is 0.262 e. The fourth-order valence-electron chi connectivity index (χ4n) is 2.78. The molecule has 1 amide bonds. The highest BCUT2D eigenvalue weighted by molar-refractivity contribution is 5.82. The number of aromatic nitrogens is 2. The second-order valence-electron chi connectivity index (χ2n) is 5.76. The minimum atomic E-state index is -2.81. The van der Waals surface area contributed by atoms with E-state index in [-0.39, 0.29) is 12.5 Å². The summed E-state index contributed by atoms with van der Waals surface area (Å²) in [6, 6.07) is 6.85. The summed E-state index contributed by atoms with van der Waals surface area (Å²) in [5.41, 5.74) is 1.83. The predicted molar refractivity (Wildman–Crippen MR) is 78.5 cm³/mol. The van der Waals surface area contributed by atoms with Crippen molar-refractivity contribution >= 4 is 16.9 Å². The number of halogens is 2. The number of nitrogens with zero attached hydrogens (tertiary/aromatic N) is 3. The Morgan fingerprint density at radius 3 is 2.86 bits per heavy atom.